The van der Waals surface area contributed by atoms with Crippen molar-refractivity contribution < 1.29 is 15.0 Å². The van der Waals surface area contributed by atoms with Crippen LogP contribution in [0.15, 0.2) is 18.2 Å². The summed E-state index contributed by atoms with van der Waals surface area (Å²) in [6, 6.07) is 4.13. The Morgan fingerprint density at radius 3 is 2.57 bits per heavy atom. The molecule has 0 unspecified atom stereocenters. The van der Waals surface area contributed by atoms with Crippen molar-refractivity contribution in [3.8, 4) is 11.5 Å². The summed E-state index contributed by atoms with van der Waals surface area (Å²) < 4.78 is 0. The van der Waals surface area contributed by atoms with E-state index in [1.54, 1.807) is 14.1 Å². The molecule has 0 aliphatic rings. The Morgan fingerprint density at radius 1 is 1.36 bits per heavy atom. The molecule has 1 amide bonds. The Hall–Kier alpha value is -1.71. The van der Waals surface area contributed by atoms with Gasteiger partial charge in [-0.05, 0) is 18.2 Å². The largest absolute Gasteiger partial charge is 0.508 e. The Morgan fingerprint density at radius 2 is 2.00 bits per heavy atom. The fourth-order valence-electron chi connectivity index (χ4n) is 1.03. The van der Waals surface area contributed by atoms with E-state index in [1.165, 1.54) is 23.1 Å². The number of nitrogens with zero attached hydrogens (tertiary/aromatic N) is 1. The molecular weight excluding hydrogens is 182 g/mol. The summed E-state index contributed by atoms with van der Waals surface area (Å²) in [5.41, 5.74) is 0.434. The van der Waals surface area contributed by atoms with Crippen LogP contribution in [0.2, 0.25) is 0 Å². The van der Waals surface area contributed by atoms with Gasteiger partial charge in [-0.25, -0.2) is 0 Å². The summed E-state index contributed by atoms with van der Waals surface area (Å²) in [5.74, 6) is -0.0479. The molecule has 76 valence electrons. The molecular formula is C10H13NO3. The summed E-state index contributed by atoms with van der Waals surface area (Å²) in [4.78, 5) is 12.7. The number of phenols is 2. The third-order valence-corrected chi connectivity index (χ3v) is 1.90. The smallest absolute Gasteiger partial charge is 0.226 e. The van der Waals surface area contributed by atoms with Crippen molar-refractivity contribution >= 4 is 5.91 Å². The first kappa shape index (κ1) is 10.4. The zero-order valence-corrected chi connectivity index (χ0v) is 8.19. The van der Waals surface area contributed by atoms with Crippen LogP contribution in [-0.2, 0) is 11.2 Å². The predicted octanol–water partition coefficient (Wildman–Crippen LogP) is 0.728. The maximum absolute atomic E-state index is 11.3. The summed E-state index contributed by atoms with van der Waals surface area (Å²) >= 11 is 0. The van der Waals surface area contributed by atoms with Gasteiger partial charge in [0.05, 0.1) is 6.42 Å². The molecule has 14 heavy (non-hydrogen) atoms. The van der Waals surface area contributed by atoms with Crippen molar-refractivity contribution in [3.63, 3.8) is 0 Å². The number of likely N-dealkylation sites (N-methyl/N-ethyl adjacent to an activating group) is 1. The van der Waals surface area contributed by atoms with Crippen LogP contribution >= 0.6 is 0 Å². The van der Waals surface area contributed by atoms with E-state index in [1.807, 2.05) is 0 Å². The second-order valence-electron chi connectivity index (χ2n) is 3.28. The summed E-state index contributed by atoms with van der Waals surface area (Å²) in [6.07, 6.45) is 0.0905. The first-order valence-electron chi connectivity index (χ1n) is 4.21. The van der Waals surface area contributed by atoms with Crippen LogP contribution in [0, 0.1) is 0 Å². The minimum absolute atomic E-state index is 0.0259. The van der Waals surface area contributed by atoms with Gasteiger partial charge in [0, 0.05) is 19.7 Å². The molecule has 1 aromatic rings. The lowest BCUT2D eigenvalue weighted by atomic mass is 10.1. The SMILES string of the molecule is CN(C)C(=O)Cc1cc(O)ccc1O. The highest BCUT2D eigenvalue weighted by Crippen LogP contribution is 2.22. The molecule has 0 atom stereocenters. The van der Waals surface area contributed by atoms with E-state index in [9.17, 15) is 9.90 Å². The maximum Gasteiger partial charge on any atom is 0.226 e. The van der Waals surface area contributed by atoms with Gasteiger partial charge in [-0.2, -0.15) is 0 Å². The van der Waals surface area contributed by atoms with E-state index in [2.05, 4.69) is 0 Å². The van der Waals surface area contributed by atoms with Crippen molar-refractivity contribution in [2.24, 2.45) is 0 Å². The minimum Gasteiger partial charge on any atom is -0.508 e. The van der Waals surface area contributed by atoms with Gasteiger partial charge in [-0.3, -0.25) is 4.79 Å². The van der Waals surface area contributed by atoms with E-state index in [0.29, 0.717) is 5.56 Å². The zero-order chi connectivity index (χ0) is 10.7. The molecule has 0 aromatic heterocycles. The zero-order valence-electron chi connectivity index (χ0n) is 8.19. The molecule has 0 heterocycles. The van der Waals surface area contributed by atoms with Gasteiger partial charge in [0.2, 0.25) is 5.91 Å². The first-order valence-corrected chi connectivity index (χ1v) is 4.21. The monoisotopic (exact) mass is 195 g/mol. The minimum atomic E-state index is -0.120. The number of benzene rings is 1. The molecule has 0 spiro atoms. The molecule has 0 saturated heterocycles. The average molecular weight is 195 g/mol. The molecule has 1 rings (SSSR count). The molecule has 0 aliphatic carbocycles. The van der Waals surface area contributed by atoms with E-state index < -0.39 is 0 Å². The van der Waals surface area contributed by atoms with Crippen LogP contribution in [0.25, 0.3) is 0 Å². The van der Waals surface area contributed by atoms with Crippen LogP contribution in [0.5, 0.6) is 11.5 Å². The van der Waals surface area contributed by atoms with Crippen molar-refractivity contribution in [2.45, 2.75) is 6.42 Å². The molecule has 0 saturated carbocycles. The van der Waals surface area contributed by atoms with Gasteiger partial charge in [-0.15, -0.1) is 0 Å². The van der Waals surface area contributed by atoms with Crippen molar-refractivity contribution in [1.82, 2.24) is 4.90 Å². The van der Waals surface area contributed by atoms with Crippen LogP contribution in [0.1, 0.15) is 5.56 Å². The number of carbonyl (C=O) groups excluding carboxylic acids is 1. The molecule has 0 bridgehead atoms. The van der Waals surface area contributed by atoms with E-state index in [0.717, 1.165) is 0 Å². The molecule has 0 fully saturated rings. The van der Waals surface area contributed by atoms with Crippen molar-refractivity contribution in [2.75, 3.05) is 14.1 Å². The van der Waals surface area contributed by atoms with Crippen LogP contribution in [0.4, 0.5) is 0 Å². The maximum atomic E-state index is 11.3. The lowest BCUT2D eigenvalue weighted by molar-refractivity contribution is -0.127. The Kier molecular flexibility index (Phi) is 2.96. The quantitative estimate of drug-likeness (QED) is 0.684. The molecule has 0 aliphatic heterocycles. The number of phenolic OH excluding ortho intramolecular Hbond substituents is 2. The average Bonchev–Trinajstić information content (AvgIpc) is 2.11. The lowest BCUT2D eigenvalue weighted by Crippen LogP contribution is -2.23. The topological polar surface area (TPSA) is 60.8 Å². The van der Waals surface area contributed by atoms with Crippen molar-refractivity contribution in [3.05, 3.63) is 23.8 Å². The van der Waals surface area contributed by atoms with E-state index in [-0.39, 0.29) is 23.8 Å². The number of rotatable bonds is 2. The third kappa shape index (κ3) is 2.39. The standard InChI is InChI=1S/C10H13NO3/c1-11(2)10(14)6-7-5-8(12)3-4-9(7)13/h3-5,12-13H,6H2,1-2H3. The normalized spacial score (nSPS) is 9.86. The van der Waals surface area contributed by atoms with Crippen LogP contribution in [0.3, 0.4) is 0 Å². The van der Waals surface area contributed by atoms with Gasteiger partial charge in [0.25, 0.3) is 0 Å². The summed E-state index contributed by atoms with van der Waals surface area (Å²) in [6.45, 7) is 0. The number of carbonyl (C=O) groups is 1. The molecule has 1 aromatic carbocycles. The third-order valence-electron chi connectivity index (χ3n) is 1.90. The summed E-state index contributed by atoms with van der Waals surface area (Å²) in [7, 11) is 3.28. The molecule has 2 N–H and O–H groups in total. The second kappa shape index (κ2) is 4.00. The Labute approximate surface area is 82.4 Å². The first-order chi connectivity index (χ1) is 6.50. The number of aromatic hydroxyl groups is 2. The van der Waals surface area contributed by atoms with Crippen molar-refractivity contribution in [1.29, 1.82) is 0 Å². The number of amides is 1. The number of hydrogen-bond acceptors (Lipinski definition) is 3. The fraction of sp³-hybridized carbons (Fsp3) is 0.300. The van der Waals surface area contributed by atoms with Crippen LogP contribution in [-0.4, -0.2) is 35.1 Å². The molecule has 0 radical (unpaired) electrons. The van der Waals surface area contributed by atoms with E-state index >= 15 is 0 Å². The van der Waals surface area contributed by atoms with Gasteiger partial charge < -0.3 is 15.1 Å². The van der Waals surface area contributed by atoms with Gasteiger partial charge in [-0.1, -0.05) is 0 Å². The predicted molar refractivity (Wildman–Crippen MR) is 52.2 cm³/mol. The van der Waals surface area contributed by atoms with Gasteiger partial charge in [0.15, 0.2) is 0 Å². The van der Waals surface area contributed by atoms with E-state index in [4.69, 9.17) is 5.11 Å². The molecule has 4 nitrogen and oxygen atoms in total. The summed E-state index contributed by atoms with van der Waals surface area (Å²) in [5, 5.41) is 18.5. The van der Waals surface area contributed by atoms with Gasteiger partial charge in [0.1, 0.15) is 11.5 Å². The highest BCUT2D eigenvalue weighted by Gasteiger charge is 2.09. The molecule has 4 heteroatoms. The fourth-order valence-corrected chi connectivity index (χ4v) is 1.03. The lowest BCUT2D eigenvalue weighted by Gasteiger charge is -2.10. The highest BCUT2D eigenvalue weighted by molar-refractivity contribution is 5.79. The van der Waals surface area contributed by atoms with Crippen LogP contribution < -0.4 is 0 Å². The Balaban J connectivity index is 2.86. The number of hydrogen-bond donors (Lipinski definition) is 2. The van der Waals surface area contributed by atoms with Gasteiger partial charge >= 0.3 is 0 Å². The second-order valence-corrected chi connectivity index (χ2v) is 3.28. The Bertz CT molecular complexity index is 347. The highest BCUT2D eigenvalue weighted by atomic mass is 16.3.